The zero-order valence-corrected chi connectivity index (χ0v) is 8.22. The van der Waals surface area contributed by atoms with Gasteiger partial charge in [0.25, 0.3) is 0 Å². The number of hydrogen-bond acceptors (Lipinski definition) is 3. The van der Waals surface area contributed by atoms with E-state index in [9.17, 15) is 23.1 Å². The average molecular weight is 227 g/mol. The Hall–Kier alpha value is -0.820. The maximum atomic E-state index is 12.8. The molecule has 0 spiro atoms. The maximum absolute atomic E-state index is 12.8. The number of β-amino-alcohol motifs (C(OH)–C–C–N with tert-alkyl or cyclic N) is 1. The molecule has 88 valence electrons. The molecule has 3 N–H and O–H groups in total. The third kappa shape index (κ3) is 1.33. The van der Waals surface area contributed by atoms with E-state index in [4.69, 9.17) is 5.11 Å². The molecule has 1 aliphatic rings. The first-order chi connectivity index (χ1) is 6.57. The molecular weight excluding hydrogens is 215 g/mol. The van der Waals surface area contributed by atoms with Crippen LogP contribution in [0.2, 0.25) is 0 Å². The smallest absolute Gasteiger partial charge is 0.418 e. The molecule has 4 nitrogen and oxygen atoms in total. The van der Waals surface area contributed by atoms with E-state index >= 15 is 0 Å². The van der Waals surface area contributed by atoms with Gasteiger partial charge in [0.05, 0.1) is 6.10 Å². The molecule has 1 rings (SSSR count). The summed E-state index contributed by atoms with van der Waals surface area (Å²) in [6.07, 6.45) is -6.31. The minimum Gasteiger partial charge on any atom is -0.480 e. The van der Waals surface area contributed by atoms with E-state index in [-0.39, 0.29) is 0 Å². The number of carboxylic acid groups (broad SMARTS) is 1. The number of carboxylic acids is 1. The van der Waals surface area contributed by atoms with Gasteiger partial charge in [0, 0.05) is 12.0 Å². The van der Waals surface area contributed by atoms with E-state index in [2.05, 4.69) is 0 Å². The van der Waals surface area contributed by atoms with Crippen LogP contribution in [0.5, 0.6) is 0 Å². The Morgan fingerprint density at radius 3 is 2.07 bits per heavy atom. The number of aliphatic carboxylic acids is 1. The summed E-state index contributed by atoms with van der Waals surface area (Å²) in [5.41, 5.74) is -4.89. The van der Waals surface area contributed by atoms with Gasteiger partial charge in [-0.3, -0.25) is 5.32 Å². The standard InChI is InChI=1S/C8H12F3NO3/c1-6(2)4(13)3-12-7(6,5(14)15)8(9,10)11/h4,12-13H,3H2,1-2H3,(H,14,15)/t4?,7-/m1/s1. The van der Waals surface area contributed by atoms with Crippen LogP contribution < -0.4 is 5.32 Å². The first kappa shape index (κ1) is 12.3. The van der Waals surface area contributed by atoms with Crippen molar-refractivity contribution in [2.45, 2.75) is 31.7 Å². The van der Waals surface area contributed by atoms with E-state index in [0.717, 1.165) is 13.8 Å². The number of alkyl halides is 3. The second kappa shape index (κ2) is 3.08. The maximum Gasteiger partial charge on any atom is 0.418 e. The van der Waals surface area contributed by atoms with Crippen LogP contribution in [0, 0.1) is 5.41 Å². The summed E-state index contributed by atoms with van der Waals surface area (Å²) in [7, 11) is 0. The fraction of sp³-hybridized carbons (Fsp3) is 0.875. The zero-order valence-electron chi connectivity index (χ0n) is 8.22. The Bertz CT molecular complexity index is 289. The van der Waals surface area contributed by atoms with Crippen molar-refractivity contribution in [1.82, 2.24) is 5.32 Å². The Kier molecular flexibility index (Phi) is 2.52. The lowest BCUT2D eigenvalue weighted by atomic mass is 9.71. The summed E-state index contributed by atoms with van der Waals surface area (Å²) in [6, 6.07) is 0. The van der Waals surface area contributed by atoms with E-state index < -0.39 is 35.7 Å². The first-order valence-electron chi connectivity index (χ1n) is 4.30. The van der Waals surface area contributed by atoms with Crippen LogP contribution in [0.15, 0.2) is 0 Å². The van der Waals surface area contributed by atoms with Crippen LogP contribution in [0.3, 0.4) is 0 Å². The SMILES string of the molecule is CC1(C)C(O)CN[C@@]1(C(=O)O)C(F)(F)F. The van der Waals surface area contributed by atoms with E-state index in [0.29, 0.717) is 0 Å². The van der Waals surface area contributed by atoms with E-state index in [1.165, 1.54) is 0 Å². The van der Waals surface area contributed by atoms with Gasteiger partial charge in [-0.25, -0.2) is 4.79 Å². The fourth-order valence-corrected chi connectivity index (χ4v) is 1.92. The summed E-state index contributed by atoms with van der Waals surface area (Å²) in [6.45, 7) is 1.78. The summed E-state index contributed by atoms with van der Waals surface area (Å²) in [4.78, 5) is 10.8. The van der Waals surface area contributed by atoms with E-state index in [1.807, 2.05) is 5.32 Å². The predicted octanol–water partition coefficient (Wildman–Crippen LogP) is 0.362. The number of rotatable bonds is 1. The summed E-state index contributed by atoms with van der Waals surface area (Å²) in [5.74, 6) is -2.02. The third-order valence-electron chi connectivity index (χ3n) is 3.11. The topological polar surface area (TPSA) is 69.6 Å². The molecule has 0 saturated carbocycles. The number of carbonyl (C=O) groups is 1. The Morgan fingerprint density at radius 1 is 1.47 bits per heavy atom. The molecule has 0 aliphatic carbocycles. The van der Waals surface area contributed by atoms with Crippen molar-refractivity contribution in [2.75, 3.05) is 6.54 Å². The van der Waals surface area contributed by atoms with E-state index in [1.54, 1.807) is 0 Å². The lowest BCUT2D eigenvalue weighted by Crippen LogP contribution is -2.66. The summed E-state index contributed by atoms with van der Waals surface area (Å²) < 4.78 is 38.3. The molecule has 1 aliphatic heterocycles. The second-order valence-corrected chi connectivity index (χ2v) is 4.17. The normalized spacial score (nSPS) is 35.5. The van der Waals surface area contributed by atoms with Crippen molar-refractivity contribution in [1.29, 1.82) is 0 Å². The number of aliphatic hydroxyl groups excluding tert-OH is 1. The highest BCUT2D eigenvalue weighted by Crippen LogP contribution is 2.49. The molecule has 0 bridgehead atoms. The highest BCUT2D eigenvalue weighted by atomic mass is 19.4. The zero-order chi connectivity index (χ0) is 12.1. The van der Waals surface area contributed by atoms with Crippen molar-refractivity contribution in [3.05, 3.63) is 0 Å². The van der Waals surface area contributed by atoms with Crippen LogP contribution in [-0.4, -0.2) is 40.5 Å². The monoisotopic (exact) mass is 227 g/mol. The van der Waals surface area contributed by atoms with Gasteiger partial charge in [0.15, 0.2) is 0 Å². The lowest BCUT2D eigenvalue weighted by Gasteiger charge is -2.39. The van der Waals surface area contributed by atoms with Crippen molar-refractivity contribution < 1.29 is 28.2 Å². The van der Waals surface area contributed by atoms with Crippen LogP contribution in [0.4, 0.5) is 13.2 Å². The molecular formula is C8H12F3NO3. The highest BCUT2D eigenvalue weighted by molar-refractivity contribution is 5.82. The molecule has 0 aromatic heterocycles. The van der Waals surface area contributed by atoms with Crippen molar-refractivity contribution in [3.8, 4) is 0 Å². The molecule has 1 fully saturated rings. The van der Waals surface area contributed by atoms with Crippen LogP contribution in [0.1, 0.15) is 13.8 Å². The Labute approximate surface area is 84.1 Å². The first-order valence-corrected chi connectivity index (χ1v) is 4.30. The van der Waals surface area contributed by atoms with Crippen molar-refractivity contribution in [3.63, 3.8) is 0 Å². The van der Waals surface area contributed by atoms with Gasteiger partial charge in [0.2, 0.25) is 5.54 Å². The molecule has 0 aromatic carbocycles. The van der Waals surface area contributed by atoms with Crippen LogP contribution in [0.25, 0.3) is 0 Å². The molecule has 0 aromatic rings. The average Bonchev–Trinajstić information content (AvgIpc) is 2.22. The van der Waals surface area contributed by atoms with Gasteiger partial charge in [-0.15, -0.1) is 0 Å². The molecule has 2 atom stereocenters. The highest BCUT2D eigenvalue weighted by Gasteiger charge is 2.73. The lowest BCUT2D eigenvalue weighted by molar-refractivity contribution is -0.230. The number of hydrogen-bond donors (Lipinski definition) is 3. The predicted molar refractivity (Wildman–Crippen MR) is 44.2 cm³/mol. The number of aliphatic hydroxyl groups is 1. The molecule has 7 heteroatoms. The molecule has 1 heterocycles. The van der Waals surface area contributed by atoms with Gasteiger partial charge in [-0.05, 0) is 0 Å². The summed E-state index contributed by atoms with van der Waals surface area (Å²) >= 11 is 0. The van der Waals surface area contributed by atoms with Crippen LogP contribution >= 0.6 is 0 Å². The van der Waals surface area contributed by atoms with Gasteiger partial charge < -0.3 is 10.2 Å². The van der Waals surface area contributed by atoms with Gasteiger partial charge >= 0.3 is 12.1 Å². The summed E-state index contributed by atoms with van der Waals surface area (Å²) in [5, 5.41) is 20.0. The minimum absolute atomic E-state index is 0.390. The van der Waals surface area contributed by atoms with Crippen molar-refractivity contribution >= 4 is 5.97 Å². The second-order valence-electron chi connectivity index (χ2n) is 4.17. The fourth-order valence-electron chi connectivity index (χ4n) is 1.92. The Balaban J connectivity index is 3.32. The number of nitrogens with one attached hydrogen (secondary N) is 1. The van der Waals surface area contributed by atoms with Gasteiger partial charge in [0.1, 0.15) is 0 Å². The molecule has 1 saturated heterocycles. The van der Waals surface area contributed by atoms with Gasteiger partial charge in [-0.1, -0.05) is 13.8 Å². The third-order valence-corrected chi connectivity index (χ3v) is 3.11. The quantitative estimate of drug-likeness (QED) is 0.605. The van der Waals surface area contributed by atoms with Gasteiger partial charge in [-0.2, -0.15) is 13.2 Å². The Morgan fingerprint density at radius 2 is 1.93 bits per heavy atom. The molecule has 0 radical (unpaired) electrons. The van der Waals surface area contributed by atoms with Crippen molar-refractivity contribution in [2.24, 2.45) is 5.41 Å². The number of halogens is 3. The molecule has 1 unspecified atom stereocenters. The van der Waals surface area contributed by atoms with Crippen LogP contribution in [-0.2, 0) is 4.79 Å². The molecule has 15 heavy (non-hydrogen) atoms. The molecule has 0 amide bonds. The minimum atomic E-state index is -4.96. The largest absolute Gasteiger partial charge is 0.480 e.